The summed E-state index contributed by atoms with van der Waals surface area (Å²) in [5, 5.41) is 12.3. The molecule has 0 atom stereocenters. The van der Waals surface area contributed by atoms with Gasteiger partial charge in [0.2, 0.25) is 11.8 Å². The van der Waals surface area contributed by atoms with Crippen LogP contribution in [0.1, 0.15) is 31.2 Å². The van der Waals surface area contributed by atoms with Crippen LogP contribution in [0.25, 0.3) is 10.9 Å². The minimum Gasteiger partial charge on any atom is -0.361 e. The van der Waals surface area contributed by atoms with Crippen molar-refractivity contribution in [2.24, 2.45) is 0 Å². The van der Waals surface area contributed by atoms with E-state index in [1.807, 2.05) is 30.5 Å². The maximum absolute atomic E-state index is 11.9. The SMILES string of the molecule is O=C(CCCCCNC(=O)Cc1c[nH]c2ccccc12)NO. The van der Waals surface area contributed by atoms with Crippen molar-refractivity contribution < 1.29 is 14.8 Å². The monoisotopic (exact) mass is 303 g/mol. The van der Waals surface area contributed by atoms with Gasteiger partial charge in [0.05, 0.1) is 6.42 Å². The summed E-state index contributed by atoms with van der Waals surface area (Å²) >= 11 is 0. The molecule has 0 unspecified atom stereocenters. The third-order valence-corrected chi connectivity index (χ3v) is 3.55. The summed E-state index contributed by atoms with van der Waals surface area (Å²) in [7, 11) is 0. The van der Waals surface area contributed by atoms with Gasteiger partial charge in [-0.1, -0.05) is 24.6 Å². The number of aromatic amines is 1. The Bertz CT molecular complexity index is 636. The molecule has 2 rings (SSSR count). The van der Waals surface area contributed by atoms with E-state index in [-0.39, 0.29) is 11.8 Å². The van der Waals surface area contributed by atoms with Crippen LogP contribution in [0.2, 0.25) is 0 Å². The molecule has 22 heavy (non-hydrogen) atoms. The fourth-order valence-electron chi connectivity index (χ4n) is 2.38. The Morgan fingerprint density at radius 1 is 1.09 bits per heavy atom. The molecule has 4 N–H and O–H groups in total. The van der Waals surface area contributed by atoms with Crippen LogP contribution in [0.4, 0.5) is 0 Å². The molecule has 0 saturated heterocycles. The molecular formula is C16H21N3O3. The van der Waals surface area contributed by atoms with Crippen molar-refractivity contribution >= 4 is 22.7 Å². The predicted octanol–water partition coefficient (Wildman–Crippen LogP) is 1.89. The first-order valence-corrected chi connectivity index (χ1v) is 7.45. The lowest BCUT2D eigenvalue weighted by Gasteiger charge is -2.05. The molecule has 0 aliphatic heterocycles. The Balaban J connectivity index is 1.67. The maximum Gasteiger partial charge on any atom is 0.243 e. The fourth-order valence-corrected chi connectivity index (χ4v) is 2.38. The van der Waals surface area contributed by atoms with Gasteiger partial charge in [-0.25, -0.2) is 5.48 Å². The maximum atomic E-state index is 11.9. The van der Waals surface area contributed by atoms with Crippen molar-refractivity contribution in [1.29, 1.82) is 0 Å². The highest BCUT2D eigenvalue weighted by molar-refractivity contribution is 5.88. The third-order valence-electron chi connectivity index (χ3n) is 3.55. The van der Waals surface area contributed by atoms with Gasteiger partial charge < -0.3 is 10.3 Å². The molecule has 118 valence electrons. The number of unbranched alkanes of at least 4 members (excludes halogenated alkanes) is 2. The van der Waals surface area contributed by atoms with E-state index < -0.39 is 0 Å². The van der Waals surface area contributed by atoms with Crippen molar-refractivity contribution in [3.8, 4) is 0 Å². The van der Waals surface area contributed by atoms with E-state index in [4.69, 9.17) is 5.21 Å². The van der Waals surface area contributed by atoms with Gasteiger partial charge >= 0.3 is 0 Å². The standard InChI is InChI=1S/C16H21N3O3/c20-15(19-22)8-2-1-5-9-17-16(21)10-12-11-18-14-7-4-3-6-13(12)14/h3-4,6-7,11,18,22H,1-2,5,8-10H2,(H,17,21)(H,19,20). The van der Waals surface area contributed by atoms with Crippen LogP contribution in [0, 0.1) is 0 Å². The van der Waals surface area contributed by atoms with Crippen molar-refractivity contribution in [3.63, 3.8) is 0 Å². The Morgan fingerprint density at radius 3 is 2.73 bits per heavy atom. The lowest BCUT2D eigenvalue weighted by molar-refractivity contribution is -0.129. The summed E-state index contributed by atoms with van der Waals surface area (Å²) in [6.45, 7) is 0.599. The minimum atomic E-state index is -0.372. The molecule has 1 aromatic heterocycles. The van der Waals surface area contributed by atoms with Gasteiger partial charge in [-0.2, -0.15) is 0 Å². The molecule has 0 fully saturated rings. The van der Waals surface area contributed by atoms with E-state index in [9.17, 15) is 9.59 Å². The number of rotatable bonds is 8. The second-order valence-electron chi connectivity index (χ2n) is 5.23. The Kier molecular flexibility index (Phi) is 5.97. The zero-order valence-corrected chi connectivity index (χ0v) is 12.4. The van der Waals surface area contributed by atoms with E-state index in [0.717, 1.165) is 29.3 Å². The second-order valence-corrected chi connectivity index (χ2v) is 5.23. The van der Waals surface area contributed by atoms with E-state index in [1.54, 1.807) is 5.48 Å². The van der Waals surface area contributed by atoms with Crippen molar-refractivity contribution in [1.82, 2.24) is 15.8 Å². The third kappa shape index (κ3) is 4.60. The zero-order valence-electron chi connectivity index (χ0n) is 12.4. The quantitative estimate of drug-likeness (QED) is 0.341. The highest BCUT2D eigenvalue weighted by Crippen LogP contribution is 2.17. The molecule has 6 heteroatoms. The van der Waals surface area contributed by atoms with E-state index >= 15 is 0 Å². The summed E-state index contributed by atoms with van der Waals surface area (Å²) in [4.78, 5) is 25.9. The molecule has 0 bridgehead atoms. The van der Waals surface area contributed by atoms with Crippen molar-refractivity contribution in [3.05, 3.63) is 36.0 Å². The number of amides is 2. The van der Waals surface area contributed by atoms with E-state index in [0.29, 0.717) is 25.8 Å². The zero-order chi connectivity index (χ0) is 15.8. The van der Waals surface area contributed by atoms with Gasteiger partial charge in [0.25, 0.3) is 0 Å². The number of hydrogen-bond donors (Lipinski definition) is 4. The lowest BCUT2D eigenvalue weighted by Crippen LogP contribution is -2.26. The van der Waals surface area contributed by atoms with Crippen LogP contribution >= 0.6 is 0 Å². The summed E-state index contributed by atoms with van der Waals surface area (Å²) < 4.78 is 0. The number of nitrogens with one attached hydrogen (secondary N) is 3. The van der Waals surface area contributed by atoms with Gasteiger partial charge in [-0.3, -0.25) is 14.8 Å². The number of benzene rings is 1. The molecule has 0 saturated carbocycles. The largest absolute Gasteiger partial charge is 0.361 e. The van der Waals surface area contributed by atoms with Crippen molar-refractivity contribution in [2.45, 2.75) is 32.1 Å². The molecule has 6 nitrogen and oxygen atoms in total. The number of H-pyrrole nitrogens is 1. The van der Waals surface area contributed by atoms with Crippen LogP contribution in [0.3, 0.4) is 0 Å². The lowest BCUT2D eigenvalue weighted by atomic mass is 10.1. The van der Waals surface area contributed by atoms with E-state index in [2.05, 4.69) is 10.3 Å². The average Bonchev–Trinajstić information content (AvgIpc) is 2.93. The van der Waals surface area contributed by atoms with Gasteiger partial charge in [0.15, 0.2) is 0 Å². The molecule has 2 aromatic rings. The molecule has 0 aliphatic carbocycles. The number of fused-ring (bicyclic) bond motifs is 1. The number of hydroxylamine groups is 1. The fraction of sp³-hybridized carbons (Fsp3) is 0.375. The van der Waals surface area contributed by atoms with Gasteiger partial charge in [-0.05, 0) is 24.5 Å². The van der Waals surface area contributed by atoms with Crippen LogP contribution in [0.15, 0.2) is 30.5 Å². The molecule has 0 radical (unpaired) electrons. The second kappa shape index (κ2) is 8.19. The van der Waals surface area contributed by atoms with Gasteiger partial charge in [-0.15, -0.1) is 0 Å². The molecule has 0 spiro atoms. The highest BCUT2D eigenvalue weighted by Gasteiger charge is 2.08. The molecule has 2 amide bonds. The Morgan fingerprint density at radius 2 is 1.91 bits per heavy atom. The number of hydrogen-bond acceptors (Lipinski definition) is 3. The molecular weight excluding hydrogens is 282 g/mol. The predicted molar refractivity (Wildman–Crippen MR) is 83.4 cm³/mol. The van der Waals surface area contributed by atoms with Crippen LogP contribution in [-0.2, 0) is 16.0 Å². The first-order chi connectivity index (χ1) is 10.7. The molecule has 1 aromatic carbocycles. The number of para-hydroxylation sites is 1. The van der Waals surface area contributed by atoms with Gasteiger partial charge in [0.1, 0.15) is 0 Å². The van der Waals surface area contributed by atoms with Gasteiger partial charge in [0, 0.05) is 30.1 Å². The van der Waals surface area contributed by atoms with E-state index in [1.165, 1.54) is 0 Å². The molecule has 1 heterocycles. The summed E-state index contributed by atoms with van der Waals surface area (Å²) in [5.74, 6) is -0.374. The number of carbonyl (C=O) groups excluding carboxylic acids is 2. The summed E-state index contributed by atoms with van der Waals surface area (Å²) in [5.41, 5.74) is 3.63. The molecule has 0 aliphatic rings. The normalized spacial score (nSPS) is 10.6. The van der Waals surface area contributed by atoms with Crippen LogP contribution < -0.4 is 10.8 Å². The highest BCUT2D eigenvalue weighted by atomic mass is 16.5. The summed E-state index contributed by atoms with van der Waals surface area (Å²) in [6.07, 6.45) is 4.89. The topological polar surface area (TPSA) is 94.2 Å². The minimum absolute atomic E-state index is 0.00199. The van der Waals surface area contributed by atoms with Crippen molar-refractivity contribution in [2.75, 3.05) is 6.54 Å². The first kappa shape index (κ1) is 16.0. The Labute approximate surface area is 128 Å². The smallest absolute Gasteiger partial charge is 0.243 e. The first-order valence-electron chi connectivity index (χ1n) is 7.45. The average molecular weight is 303 g/mol. The Hall–Kier alpha value is -2.34. The number of aromatic nitrogens is 1. The van der Waals surface area contributed by atoms with Crippen LogP contribution in [-0.4, -0.2) is 28.6 Å². The number of carbonyl (C=O) groups is 2. The van der Waals surface area contributed by atoms with Crippen LogP contribution in [0.5, 0.6) is 0 Å². The summed E-state index contributed by atoms with van der Waals surface area (Å²) in [6, 6.07) is 7.90.